The highest BCUT2D eigenvalue weighted by Crippen LogP contribution is 2.22. The van der Waals surface area contributed by atoms with Crippen molar-refractivity contribution in [2.75, 3.05) is 26.2 Å². The number of ketones is 1. The topological polar surface area (TPSA) is 49.4 Å². The molecule has 7 heteroatoms. The second-order valence-corrected chi connectivity index (χ2v) is 7.77. The van der Waals surface area contributed by atoms with Crippen LogP contribution >= 0.6 is 12.4 Å². The first-order chi connectivity index (χ1) is 13.9. The Kier molecular flexibility index (Phi) is 8.93. The zero-order valence-corrected chi connectivity index (χ0v) is 17.8. The minimum atomic E-state index is -0.365. The molecule has 1 unspecified atom stereocenters. The molecule has 162 valence electrons. The van der Waals surface area contributed by atoms with E-state index in [-0.39, 0.29) is 47.6 Å². The van der Waals surface area contributed by atoms with E-state index in [1.54, 1.807) is 12.1 Å². The molecule has 3 rings (SSSR count). The van der Waals surface area contributed by atoms with Crippen molar-refractivity contribution < 1.29 is 18.4 Å². The molecule has 2 aromatic carbocycles. The SMILES string of the molecule is CC(CNC(=O)c1ccc(F)cc1)CN1CCC(C(=O)c2ccc(F)cc2)CC1.Cl. The lowest BCUT2D eigenvalue weighted by Gasteiger charge is -2.33. The van der Waals surface area contributed by atoms with E-state index < -0.39 is 0 Å². The minimum Gasteiger partial charge on any atom is -0.352 e. The molecule has 1 aliphatic heterocycles. The van der Waals surface area contributed by atoms with Crippen molar-refractivity contribution in [1.29, 1.82) is 0 Å². The Labute approximate surface area is 182 Å². The third kappa shape index (κ3) is 6.61. The predicted molar refractivity (Wildman–Crippen MR) is 115 cm³/mol. The molecule has 1 heterocycles. The van der Waals surface area contributed by atoms with Crippen molar-refractivity contribution in [2.45, 2.75) is 19.8 Å². The molecule has 1 aliphatic rings. The number of likely N-dealkylation sites (tertiary alicyclic amines) is 1. The summed E-state index contributed by atoms with van der Waals surface area (Å²) in [7, 11) is 0. The van der Waals surface area contributed by atoms with Crippen LogP contribution in [0.2, 0.25) is 0 Å². The maximum absolute atomic E-state index is 13.0. The average molecular weight is 437 g/mol. The number of hydrogen-bond donors (Lipinski definition) is 1. The average Bonchev–Trinajstić information content (AvgIpc) is 2.73. The Hall–Kier alpha value is -2.31. The molecule has 1 saturated heterocycles. The van der Waals surface area contributed by atoms with E-state index in [1.165, 1.54) is 36.4 Å². The number of piperidine rings is 1. The van der Waals surface area contributed by atoms with Crippen LogP contribution in [0.4, 0.5) is 8.78 Å². The fourth-order valence-corrected chi connectivity index (χ4v) is 3.70. The molecule has 0 aromatic heterocycles. The zero-order chi connectivity index (χ0) is 20.8. The number of hydrogen-bond acceptors (Lipinski definition) is 3. The quantitative estimate of drug-likeness (QED) is 0.656. The Balaban J connectivity index is 0.00000320. The van der Waals surface area contributed by atoms with Crippen LogP contribution in [-0.4, -0.2) is 42.8 Å². The van der Waals surface area contributed by atoms with Gasteiger partial charge in [0.2, 0.25) is 0 Å². The number of amides is 1. The number of carbonyl (C=O) groups is 2. The Morgan fingerprint density at radius 1 is 0.967 bits per heavy atom. The van der Waals surface area contributed by atoms with Gasteiger partial charge in [0, 0.05) is 30.1 Å². The molecule has 0 aliphatic carbocycles. The molecule has 0 spiro atoms. The summed E-state index contributed by atoms with van der Waals surface area (Å²) in [6.07, 6.45) is 1.57. The van der Waals surface area contributed by atoms with E-state index in [0.29, 0.717) is 17.7 Å². The molecule has 0 radical (unpaired) electrons. The lowest BCUT2D eigenvalue weighted by atomic mass is 9.88. The van der Waals surface area contributed by atoms with Crippen LogP contribution in [-0.2, 0) is 0 Å². The summed E-state index contributed by atoms with van der Waals surface area (Å²) < 4.78 is 26.0. The van der Waals surface area contributed by atoms with Gasteiger partial charge in [-0.25, -0.2) is 8.78 Å². The van der Waals surface area contributed by atoms with E-state index in [0.717, 1.165) is 32.5 Å². The highest BCUT2D eigenvalue weighted by molar-refractivity contribution is 5.97. The minimum absolute atomic E-state index is 0. The van der Waals surface area contributed by atoms with Gasteiger partial charge in [0.25, 0.3) is 5.91 Å². The van der Waals surface area contributed by atoms with Gasteiger partial charge in [-0.15, -0.1) is 12.4 Å². The number of Topliss-reactive ketones (excluding diaryl/α,β-unsaturated/α-hetero) is 1. The normalized spacial score (nSPS) is 15.8. The van der Waals surface area contributed by atoms with Gasteiger partial charge in [0.15, 0.2) is 5.78 Å². The summed E-state index contributed by atoms with van der Waals surface area (Å²) >= 11 is 0. The van der Waals surface area contributed by atoms with E-state index in [1.807, 2.05) is 0 Å². The lowest BCUT2D eigenvalue weighted by molar-refractivity contribution is 0.0822. The van der Waals surface area contributed by atoms with Crippen molar-refractivity contribution in [3.63, 3.8) is 0 Å². The van der Waals surface area contributed by atoms with Crippen LogP contribution < -0.4 is 5.32 Å². The fourth-order valence-electron chi connectivity index (χ4n) is 3.70. The van der Waals surface area contributed by atoms with Gasteiger partial charge >= 0.3 is 0 Å². The molecule has 0 saturated carbocycles. The van der Waals surface area contributed by atoms with Gasteiger partial charge in [-0.05, 0) is 80.4 Å². The summed E-state index contributed by atoms with van der Waals surface area (Å²) in [6.45, 7) is 5.09. The van der Waals surface area contributed by atoms with Gasteiger partial charge < -0.3 is 10.2 Å². The van der Waals surface area contributed by atoms with E-state index in [2.05, 4.69) is 17.1 Å². The van der Waals surface area contributed by atoms with E-state index >= 15 is 0 Å². The Bertz CT molecular complexity index is 835. The fraction of sp³-hybridized carbons (Fsp3) is 0.391. The molecule has 1 fully saturated rings. The highest BCUT2D eigenvalue weighted by Gasteiger charge is 2.26. The van der Waals surface area contributed by atoms with Crippen LogP contribution in [0, 0.1) is 23.5 Å². The standard InChI is InChI=1S/C23H26F2N2O2.ClH/c1-16(14-26-23(29)19-4-8-21(25)9-5-19)15-27-12-10-18(11-13-27)22(28)17-2-6-20(24)7-3-17;/h2-9,16,18H,10-15H2,1H3,(H,26,29);1H. The molecular formula is C23H27ClF2N2O2. The summed E-state index contributed by atoms with van der Waals surface area (Å²) in [5.74, 6) is -0.591. The molecule has 1 atom stereocenters. The maximum Gasteiger partial charge on any atom is 0.251 e. The van der Waals surface area contributed by atoms with Gasteiger partial charge in [-0.2, -0.15) is 0 Å². The summed E-state index contributed by atoms with van der Waals surface area (Å²) in [5.41, 5.74) is 1.01. The summed E-state index contributed by atoms with van der Waals surface area (Å²) in [6, 6.07) is 11.2. The predicted octanol–water partition coefficient (Wildman–Crippen LogP) is 4.35. The third-order valence-electron chi connectivity index (χ3n) is 5.37. The number of nitrogens with zero attached hydrogens (tertiary/aromatic N) is 1. The largest absolute Gasteiger partial charge is 0.352 e. The number of carbonyl (C=O) groups excluding carboxylic acids is 2. The van der Waals surface area contributed by atoms with E-state index in [9.17, 15) is 18.4 Å². The first-order valence-electron chi connectivity index (χ1n) is 9.98. The number of nitrogens with one attached hydrogen (secondary N) is 1. The van der Waals surface area contributed by atoms with E-state index in [4.69, 9.17) is 0 Å². The molecular weight excluding hydrogens is 410 g/mol. The molecule has 1 amide bonds. The van der Waals surface area contributed by atoms with Crippen LogP contribution in [0.25, 0.3) is 0 Å². The van der Waals surface area contributed by atoms with Crippen LogP contribution in [0.3, 0.4) is 0 Å². The summed E-state index contributed by atoms with van der Waals surface area (Å²) in [5, 5.41) is 2.89. The van der Waals surface area contributed by atoms with Gasteiger partial charge in [-0.3, -0.25) is 9.59 Å². The summed E-state index contributed by atoms with van der Waals surface area (Å²) in [4.78, 5) is 27.0. The smallest absolute Gasteiger partial charge is 0.251 e. The highest BCUT2D eigenvalue weighted by atomic mass is 35.5. The van der Waals surface area contributed by atoms with Crippen molar-refractivity contribution in [2.24, 2.45) is 11.8 Å². The van der Waals surface area contributed by atoms with Crippen molar-refractivity contribution in [3.8, 4) is 0 Å². The van der Waals surface area contributed by atoms with Crippen LogP contribution in [0.5, 0.6) is 0 Å². The first kappa shape index (κ1) is 24.0. The molecule has 1 N–H and O–H groups in total. The van der Waals surface area contributed by atoms with Crippen LogP contribution in [0.15, 0.2) is 48.5 Å². The van der Waals surface area contributed by atoms with Gasteiger partial charge in [0.05, 0.1) is 0 Å². The Morgan fingerprint density at radius 3 is 2.00 bits per heavy atom. The van der Waals surface area contributed by atoms with Crippen LogP contribution in [0.1, 0.15) is 40.5 Å². The van der Waals surface area contributed by atoms with Crippen molar-refractivity contribution >= 4 is 24.1 Å². The number of rotatable bonds is 7. The van der Waals surface area contributed by atoms with Gasteiger partial charge in [-0.1, -0.05) is 6.92 Å². The second-order valence-electron chi connectivity index (χ2n) is 7.77. The Morgan fingerprint density at radius 2 is 1.47 bits per heavy atom. The molecule has 0 bridgehead atoms. The zero-order valence-electron chi connectivity index (χ0n) is 16.9. The van der Waals surface area contributed by atoms with Crippen molar-refractivity contribution in [1.82, 2.24) is 10.2 Å². The number of halogens is 3. The molecule has 2 aromatic rings. The number of benzene rings is 2. The van der Waals surface area contributed by atoms with Gasteiger partial charge in [0.1, 0.15) is 11.6 Å². The van der Waals surface area contributed by atoms with Crippen molar-refractivity contribution in [3.05, 3.63) is 71.3 Å². The maximum atomic E-state index is 13.0. The first-order valence-corrected chi connectivity index (χ1v) is 9.98. The molecule has 4 nitrogen and oxygen atoms in total. The second kappa shape index (κ2) is 11.2. The monoisotopic (exact) mass is 436 g/mol. The molecule has 30 heavy (non-hydrogen) atoms. The third-order valence-corrected chi connectivity index (χ3v) is 5.37. The lowest BCUT2D eigenvalue weighted by Crippen LogP contribution is -2.41.